The van der Waals surface area contributed by atoms with Gasteiger partial charge in [-0.1, -0.05) is 45.9 Å². The van der Waals surface area contributed by atoms with E-state index in [1.54, 1.807) is 6.07 Å². The number of rotatable bonds is 4. The molecular formula is C19H22N4O2. The molecule has 3 aromatic rings. The van der Waals surface area contributed by atoms with Crippen molar-refractivity contribution < 1.29 is 9.90 Å². The van der Waals surface area contributed by atoms with Gasteiger partial charge in [-0.2, -0.15) is 14.9 Å². The van der Waals surface area contributed by atoms with E-state index < -0.39 is 11.5 Å². The molecule has 0 fully saturated rings. The molecule has 0 bridgehead atoms. The molecule has 2 aromatic heterocycles. The van der Waals surface area contributed by atoms with Crippen molar-refractivity contribution in [3.05, 3.63) is 66.2 Å². The lowest BCUT2D eigenvalue weighted by atomic mass is 9.64. The van der Waals surface area contributed by atoms with E-state index in [-0.39, 0.29) is 5.41 Å². The fourth-order valence-corrected chi connectivity index (χ4v) is 2.79. The zero-order valence-corrected chi connectivity index (χ0v) is 14.8. The van der Waals surface area contributed by atoms with E-state index in [0.29, 0.717) is 5.69 Å². The van der Waals surface area contributed by atoms with Gasteiger partial charge >= 0.3 is 6.09 Å². The Morgan fingerprint density at radius 1 is 0.880 bits per heavy atom. The summed E-state index contributed by atoms with van der Waals surface area (Å²) >= 11 is 0. The smallest absolute Gasteiger partial charge is 0.432 e. The molecule has 6 heteroatoms. The van der Waals surface area contributed by atoms with Gasteiger partial charge in [0.2, 0.25) is 0 Å². The SMILES string of the molecule is CC(C)(c1ccn(C(=O)O)n1)C(C)(C)c1ccn(-c2ccccc2)n1. The average Bonchev–Trinajstić information content (AvgIpc) is 3.25. The molecule has 0 aliphatic carbocycles. The Morgan fingerprint density at radius 2 is 1.44 bits per heavy atom. The van der Waals surface area contributed by atoms with Crippen LogP contribution in [0.15, 0.2) is 54.9 Å². The van der Waals surface area contributed by atoms with Crippen molar-refractivity contribution in [2.75, 3.05) is 0 Å². The first-order chi connectivity index (χ1) is 11.7. The van der Waals surface area contributed by atoms with Gasteiger partial charge in [0, 0.05) is 23.2 Å². The molecular weight excluding hydrogens is 316 g/mol. The number of carboxylic acid groups (broad SMARTS) is 1. The topological polar surface area (TPSA) is 72.9 Å². The summed E-state index contributed by atoms with van der Waals surface area (Å²) < 4.78 is 2.79. The number of carbonyl (C=O) groups is 1. The lowest BCUT2D eigenvalue weighted by molar-refractivity contribution is 0.191. The van der Waals surface area contributed by atoms with Crippen LogP contribution in [0.3, 0.4) is 0 Å². The third kappa shape index (κ3) is 2.84. The molecule has 1 aromatic carbocycles. The van der Waals surface area contributed by atoms with Crippen LogP contribution < -0.4 is 0 Å². The van der Waals surface area contributed by atoms with Gasteiger partial charge in [-0.05, 0) is 24.3 Å². The minimum Gasteiger partial charge on any atom is -0.463 e. The molecule has 6 nitrogen and oxygen atoms in total. The van der Waals surface area contributed by atoms with Gasteiger partial charge in [0.05, 0.1) is 17.1 Å². The molecule has 0 aliphatic rings. The standard InChI is InChI=1S/C19H22N4O2/c1-18(2,19(3,4)16-11-13-23(21-16)17(24)25)15-10-12-22(20-15)14-8-6-5-7-9-14/h5-13H,1-4H3,(H,24,25). The first-order valence-electron chi connectivity index (χ1n) is 8.14. The summed E-state index contributed by atoms with van der Waals surface area (Å²) in [6, 6.07) is 13.7. The summed E-state index contributed by atoms with van der Waals surface area (Å²) in [6.07, 6.45) is 2.32. The third-order valence-electron chi connectivity index (χ3n) is 5.24. The highest BCUT2D eigenvalue weighted by Gasteiger charge is 2.43. The Labute approximate surface area is 146 Å². The first-order valence-corrected chi connectivity index (χ1v) is 8.14. The highest BCUT2D eigenvalue weighted by molar-refractivity contribution is 5.66. The van der Waals surface area contributed by atoms with Crippen LogP contribution in [0.5, 0.6) is 0 Å². The van der Waals surface area contributed by atoms with Crippen LogP contribution in [0.2, 0.25) is 0 Å². The molecule has 0 radical (unpaired) electrons. The van der Waals surface area contributed by atoms with Gasteiger partial charge in [0.1, 0.15) is 0 Å². The number of aromatic nitrogens is 4. The van der Waals surface area contributed by atoms with Crippen LogP contribution in [0.1, 0.15) is 39.1 Å². The van der Waals surface area contributed by atoms with E-state index in [9.17, 15) is 4.79 Å². The van der Waals surface area contributed by atoms with Crippen LogP contribution in [0.25, 0.3) is 5.69 Å². The Balaban J connectivity index is 1.97. The van der Waals surface area contributed by atoms with Gasteiger partial charge in [0.15, 0.2) is 0 Å². The molecule has 0 atom stereocenters. The van der Waals surface area contributed by atoms with Gasteiger partial charge in [-0.3, -0.25) is 0 Å². The zero-order valence-electron chi connectivity index (χ0n) is 14.8. The molecule has 3 rings (SSSR count). The fraction of sp³-hybridized carbons (Fsp3) is 0.316. The van der Waals surface area contributed by atoms with Gasteiger partial charge < -0.3 is 5.11 Å². The number of nitrogens with zero attached hydrogens (tertiary/aromatic N) is 4. The molecule has 0 aliphatic heterocycles. The number of para-hydroxylation sites is 1. The summed E-state index contributed by atoms with van der Waals surface area (Å²) in [5.41, 5.74) is 1.87. The van der Waals surface area contributed by atoms with Crippen molar-refractivity contribution in [1.82, 2.24) is 19.6 Å². The predicted molar refractivity (Wildman–Crippen MR) is 95.3 cm³/mol. The van der Waals surface area contributed by atoms with Crippen LogP contribution in [-0.4, -0.2) is 30.8 Å². The highest BCUT2D eigenvalue weighted by Crippen LogP contribution is 2.42. The van der Waals surface area contributed by atoms with Crippen molar-refractivity contribution in [3.8, 4) is 5.69 Å². The summed E-state index contributed by atoms with van der Waals surface area (Å²) in [4.78, 5) is 11.1. The van der Waals surface area contributed by atoms with E-state index in [4.69, 9.17) is 10.2 Å². The molecule has 0 unspecified atom stereocenters. The maximum atomic E-state index is 11.1. The second-order valence-corrected chi connectivity index (χ2v) is 7.16. The number of hydrogen-bond donors (Lipinski definition) is 1. The average molecular weight is 338 g/mol. The molecule has 2 heterocycles. The van der Waals surface area contributed by atoms with Gasteiger partial charge in [-0.15, -0.1) is 0 Å². The Bertz CT molecular complexity index is 891. The Kier molecular flexibility index (Phi) is 3.99. The largest absolute Gasteiger partial charge is 0.463 e. The van der Waals surface area contributed by atoms with Crippen molar-refractivity contribution in [1.29, 1.82) is 0 Å². The molecule has 1 N–H and O–H groups in total. The molecule has 0 saturated heterocycles. The summed E-state index contributed by atoms with van der Waals surface area (Å²) in [7, 11) is 0. The van der Waals surface area contributed by atoms with Crippen molar-refractivity contribution in [2.24, 2.45) is 0 Å². The van der Waals surface area contributed by atoms with Crippen LogP contribution in [0.4, 0.5) is 4.79 Å². The second-order valence-electron chi connectivity index (χ2n) is 7.16. The van der Waals surface area contributed by atoms with Crippen LogP contribution >= 0.6 is 0 Å². The van der Waals surface area contributed by atoms with E-state index in [1.807, 2.05) is 47.3 Å². The van der Waals surface area contributed by atoms with E-state index in [2.05, 4.69) is 32.8 Å². The predicted octanol–water partition coefficient (Wildman–Crippen LogP) is 3.85. The third-order valence-corrected chi connectivity index (χ3v) is 5.24. The van der Waals surface area contributed by atoms with Crippen LogP contribution in [0, 0.1) is 0 Å². The molecule has 0 spiro atoms. The monoisotopic (exact) mass is 338 g/mol. The number of hydrogen-bond acceptors (Lipinski definition) is 3. The lowest BCUT2D eigenvalue weighted by Gasteiger charge is -2.39. The van der Waals surface area contributed by atoms with Crippen molar-refractivity contribution in [2.45, 2.75) is 38.5 Å². The van der Waals surface area contributed by atoms with E-state index in [1.165, 1.54) is 6.20 Å². The highest BCUT2D eigenvalue weighted by atomic mass is 16.4. The minimum absolute atomic E-state index is 0.356. The van der Waals surface area contributed by atoms with Crippen molar-refractivity contribution >= 4 is 6.09 Å². The molecule has 0 amide bonds. The summed E-state index contributed by atoms with van der Waals surface area (Å²) in [5, 5.41) is 18.1. The van der Waals surface area contributed by atoms with Crippen molar-refractivity contribution in [3.63, 3.8) is 0 Å². The quantitative estimate of drug-likeness (QED) is 0.784. The van der Waals surface area contributed by atoms with E-state index >= 15 is 0 Å². The van der Waals surface area contributed by atoms with Gasteiger partial charge in [0.25, 0.3) is 0 Å². The number of benzene rings is 1. The Morgan fingerprint density at radius 3 is 2.00 bits per heavy atom. The molecule has 25 heavy (non-hydrogen) atoms. The molecule has 130 valence electrons. The lowest BCUT2D eigenvalue weighted by Crippen LogP contribution is -2.41. The zero-order chi connectivity index (χ0) is 18.2. The first kappa shape index (κ1) is 17.0. The van der Waals surface area contributed by atoms with Crippen LogP contribution in [-0.2, 0) is 10.8 Å². The second kappa shape index (κ2) is 5.88. The van der Waals surface area contributed by atoms with Gasteiger partial charge in [-0.25, -0.2) is 9.48 Å². The normalized spacial score (nSPS) is 12.3. The Hall–Kier alpha value is -2.89. The fourth-order valence-electron chi connectivity index (χ4n) is 2.79. The summed E-state index contributed by atoms with van der Waals surface area (Å²) in [5.74, 6) is 0. The maximum Gasteiger partial charge on any atom is 0.432 e. The minimum atomic E-state index is -1.09. The summed E-state index contributed by atoms with van der Waals surface area (Å²) in [6.45, 7) is 8.32. The maximum absolute atomic E-state index is 11.1. The molecule has 0 saturated carbocycles. The van der Waals surface area contributed by atoms with E-state index in [0.717, 1.165) is 16.1 Å².